The first kappa shape index (κ1) is 12.0. The molecule has 0 amide bonds. The van der Waals surface area contributed by atoms with Crippen LogP contribution in [0, 0.1) is 5.92 Å². The maximum Gasteiger partial charge on any atom is 0.0540 e. The third kappa shape index (κ3) is 3.22. The molecule has 92 valence electrons. The third-order valence-electron chi connectivity index (χ3n) is 3.38. The number of anilines is 1. The molecule has 3 nitrogen and oxygen atoms in total. The number of hydrazone groups is 1. The molecule has 1 aliphatic rings. The minimum absolute atomic E-state index is 0.883. The van der Waals surface area contributed by atoms with E-state index in [0.29, 0.717) is 0 Å². The average molecular weight is 231 g/mol. The van der Waals surface area contributed by atoms with Crippen LogP contribution < -0.4 is 10.3 Å². The maximum atomic E-state index is 4.01. The molecule has 17 heavy (non-hydrogen) atoms. The summed E-state index contributed by atoms with van der Waals surface area (Å²) in [6.07, 6.45) is 4.45. The van der Waals surface area contributed by atoms with Crippen LogP contribution in [0.1, 0.15) is 25.3 Å². The van der Waals surface area contributed by atoms with Crippen LogP contribution in [0.3, 0.4) is 0 Å². The van der Waals surface area contributed by atoms with Gasteiger partial charge in [-0.1, -0.05) is 19.1 Å². The van der Waals surface area contributed by atoms with E-state index in [-0.39, 0.29) is 0 Å². The Morgan fingerprint density at radius 2 is 1.88 bits per heavy atom. The normalized spacial score (nSPS) is 17.6. The Morgan fingerprint density at radius 3 is 2.47 bits per heavy atom. The quantitative estimate of drug-likeness (QED) is 0.639. The zero-order chi connectivity index (χ0) is 12.1. The first-order valence-electron chi connectivity index (χ1n) is 6.34. The fourth-order valence-electron chi connectivity index (χ4n) is 2.18. The Kier molecular flexibility index (Phi) is 4.02. The molecule has 0 atom stereocenters. The van der Waals surface area contributed by atoms with E-state index in [1.54, 1.807) is 7.05 Å². The van der Waals surface area contributed by atoms with Gasteiger partial charge in [0.15, 0.2) is 0 Å². The lowest BCUT2D eigenvalue weighted by atomic mass is 9.99. The summed E-state index contributed by atoms with van der Waals surface area (Å²) in [6.45, 7) is 4.71. The predicted octanol–water partition coefficient (Wildman–Crippen LogP) is 2.48. The minimum atomic E-state index is 0.883. The Morgan fingerprint density at radius 1 is 1.24 bits per heavy atom. The molecule has 0 aliphatic carbocycles. The molecule has 1 aromatic rings. The van der Waals surface area contributed by atoms with E-state index in [0.717, 1.165) is 11.5 Å². The van der Waals surface area contributed by atoms with Crippen molar-refractivity contribution in [1.29, 1.82) is 0 Å². The largest absolute Gasteiger partial charge is 0.372 e. The molecule has 1 aromatic carbocycles. The van der Waals surface area contributed by atoms with Crippen LogP contribution in [0.25, 0.3) is 0 Å². The summed E-state index contributed by atoms with van der Waals surface area (Å²) >= 11 is 0. The number of nitrogens with one attached hydrogen (secondary N) is 1. The van der Waals surface area contributed by atoms with Gasteiger partial charge in [-0.25, -0.2) is 0 Å². The first-order chi connectivity index (χ1) is 8.29. The number of rotatable bonds is 3. The second-order valence-electron chi connectivity index (χ2n) is 4.74. The van der Waals surface area contributed by atoms with Gasteiger partial charge in [0.1, 0.15) is 0 Å². The Hall–Kier alpha value is -1.51. The smallest absolute Gasteiger partial charge is 0.0540 e. The molecular weight excluding hydrogens is 210 g/mol. The lowest BCUT2D eigenvalue weighted by Crippen LogP contribution is -2.32. The molecule has 1 heterocycles. The SMILES string of the molecule is CNN=Cc1ccc(N2CCC(C)CC2)cc1. The summed E-state index contributed by atoms with van der Waals surface area (Å²) < 4.78 is 0. The molecule has 0 spiro atoms. The molecule has 1 saturated heterocycles. The zero-order valence-corrected chi connectivity index (χ0v) is 10.7. The Labute approximate surface area is 104 Å². The van der Waals surface area contributed by atoms with Crippen molar-refractivity contribution < 1.29 is 0 Å². The molecule has 0 aromatic heterocycles. The van der Waals surface area contributed by atoms with E-state index >= 15 is 0 Å². The van der Waals surface area contributed by atoms with E-state index in [1.807, 2.05) is 6.21 Å². The number of nitrogens with zero attached hydrogens (tertiary/aromatic N) is 2. The topological polar surface area (TPSA) is 27.6 Å². The van der Waals surface area contributed by atoms with Crippen LogP contribution in [0.15, 0.2) is 29.4 Å². The lowest BCUT2D eigenvalue weighted by Gasteiger charge is -2.32. The Bertz CT molecular complexity index is 362. The fourth-order valence-corrected chi connectivity index (χ4v) is 2.18. The molecule has 0 bridgehead atoms. The van der Waals surface area contributed by atoms with E-state index in [9.17, 15) is 0 Å². The molecule has 3 heteroatoms. The molecule has 1 aliphatic heterocycles. The van der Waals surface area contributed by atoms with Gasteiger partial charge < -0.3 is 10.3 Å². The van der Waals surface area contributed by atoms with Crippen molar-refractivity contribution in [2.24, 2.45) is 11.0 Å². The highest BCUT2D eigenvalue weighted by atomic mass is 15.3. The van der Waals surface area contributed by atoms with Gasteiger partial charge in [-0.3, -0.25) is 0 Å². The van der Waals surface area contributed by atoms with E-state index < -0.39 is 0 Å². The molecular formula is C14H21N3. The molecule has 1 fully saturated rings. The van der Waals surface area contributed by atoms with Gasteiger partial charge in [-0.2, -0.15) is 5.10 Å². The lowest BCUT2D eigenvalue weighted by molar-refractivity contribution is 0.438. The summed E-state index contributed by atoms with van der Waals surface area (Å²) in [5.41, 5.74) is 5.22. The number of piperidine rings is 1. The third-order valence-corrected chi connectivity index (χ3v) is 3.38. The highest BCUT2D eigenvalue weighted by molar-refractivity contribution is 5.80. The fraction of sp³-hybridized carbons (Fsp3) is 0.500. The standard InChI is InChI=1S/C14H21N3/c1-12-7-9-17(10-8-12)14-5-3-13(4-6-14)11-16-15-2/h3-6,11-12,15H,7-10H2,1-2H3. The Balaban J connectivity index is 2.00. The maximum absolute atomic E-state index is 4.01. The van der Waals surface area contributed by atoms with Crippen molar-refractivity contribution in [1.82, 2.24) is 5.43 Å². The van der Waals surface area contributed by atoms with Crippen molar-refractivity contribution in [2.45, 2.75) is 19.8 Å². The van der Waals surface area contributed by atoms with E-state index in [2.05, 4.69) is 46.6 Å². The molecule has 1 N–H and O–H groups in total. The summed E-state index contributed by atoms with van der Waals surface area (Å²) in [6, 6.07) is 8.61. The van der Waals surface area contributed by atoms with Crippen LogP contribution >= 0.6 is 0 Å². The summed E-state index contributed by atoms with van der Waals surface area (Å²) in [5.74, 6) is 0.883. The number of benzene rings is 1. The first-order valence-corrected chi connectivity index (χ1v) is 6.34. The van der Waals surface area contributed by atoms with Crippen LogP contribution in [-0.4, -0.2) is 26.4 Å². The molecule has 0 radical (unpaired) electrons. The average Bonchev–Trinajstić information content (AvgIpc) is 2.38. The molecule has 0 saturated carbocycles. The second-order valence-corrected chi connectivity index (χ2v) is 4.74. The van der Waals surface area contributed by atoms with Gasteiger partial charge in [0.2, 0.25) is 0 Å². The minimum Gasteiger partial charge on any atom is -0.372 e. The zero-order valence-electron chi connectivity index (χ0n) is 10.7. The van der Waals surface area contributed by atoms with Crippen LogP contribution in [0.5, 0.6) is 0 Å². The highest BCUT2D eigenvalue weighted by Gasteiger charge is 2.15. The van der Waals surface area contributed by atoms with Crippen molar-refractivity contribution in [3.63, 3.8) is 0 Å². The highest BCUT2D eigenvalue weighted by Crippen LogP contribution is 2.22. The van der Waals surface area contributed by atoms with Crippen LogP contribution in [0.4, 0.5) is 5.69 Å². The molecule has 0 unspecified atom stereocenters. The second kappa shape index (κ2) is 5.71. The van der Waals surface area contributed by atoms with Gasteiger partial charge in [0, 0.05) is 25.8 Å². The van der Waals surface area contributed by atoms with Crippen LogP contribution in [-0.2, 0) is 0 Å². The van der Waals surface area contributed by atoms with Crippen molar-refractivity contribution >= 4 is 11.9 Å². The van der Waals surface area contributed by atoms with E-state index in [1.165, 1.54) is 31.6 Å². The van der Waals surface area contributed by atoms with Crippen molar-refractivity contribution in [3.05, 3.63) is 29.8 Å². The van der Waals surface area contributed by atoms with Crippen LogP contribution in [0.2, 0.25) is 0 Å². The van der Waals surface area contributed by atoms with Gasteiger partial charge in [-0.05, 0) is 36.5 Å². The monoisotopic (exact) mass is 231 g/mol. The van der Waals surface area contributed by atoms with Crippen molar-refractivity contribution in [2.75, 3.05) is 25.0 Å². The van der Waals surface area contributed by atoms with Gasteiger partial charge in [0.05, 0.1) is 6.21 Å². The predicted molar refractivity (Wildman–Crippen MR) is 73.7 cm³/mol. The summed E-state index contributed by atoms with van der Waals surface area (Å²) in [5, 5.41) is 4.01. The number of hydrogen-bond donors (Lipinski definition) is 1. The molecule has 2 rings (SSSR count). The summed E-state index contributed by atoms with van der Waals surface area (Å²) in [7, 11) is 1.81. The van der Waals surface area contributed by atoms with Crippen molar-refractivity contribution in [3.8, 4) is 0 Å². The summed E-state index contributed by atoms with van der Waals surface area (Å²) in [4.78, 5) is 2.47. The van der Waals surface area contributed by atoms with Gasteiger partial charge >= 0.3 is 0 Å². The van der Waals surface area contributed by atoms with Gasteiger partial charge in [-0.15, -0.1) is 0 Å². The van der Waals surface area contributed by atoms with Gasteiger partial charge in [0.25, 0.3) is 0 Å². The van der Waals surface area contributed by atoms with E-state index in [4.69, 9.17) is 0 Å². The number of hydrogen-bond acceptors (Lipinski definition) is 3.